The van der Waals surface area contributed by atoms with Gasteiger partial charge in [0.15, 0.2) is 23.3 Å². The van der Waals surface area contributed by atoms with Crippen molar-refractivity contribution in [1.29, 1.82) is 0 Å². The zero-order chi connectivity index (χ0) is 94.2. The number of aromatic nitrogens is 8. The molecule has 0 bridgehead atoms. The van der Waals surface area contributed by atoms with E-state index < -0.39 is 23.9 Å². The van der Waals surface area contributed by atoms with Crippen LogP contribution in [0.25, 0.3) is 67.1 Å². The van der Waals surface area contributed by atoms with E-state index in [2.05, 4.69) is 196 Å². The number of carbonyl (C=O) groups is 4. The first-order valence-electron chi connectivity index (χ1n) is 44.2. The number of hydrogen-bond donors (Lipinski definition) is 8. The fourth-order valence-corrected chi connectivity index (χ4v) is 18.2. The molecule has 16 rings (SSSR count). The number of nitrogens with zero attached hydrogens (tertiary/aromatic N) is 8. The van der Waals surface area contributed by atoms with Crippen molar-refractivity contribution < 1.29 is 39.6 Å². The van der Waals surface area contributed by atoms with Gasteiger partial charge < -0.3 is 41.7 Å². The monoisotopic (exact) mass is 1850 g/mol. The number of benzene rings is 8. The van der Waals surface area contributed by atoms with Crippen molar-refractivity contribution in [2.45, 2.75) is 119 Å². The van der Waals surface area contributed by atoms with Gasteiger partial charge in [0.2, 0.25) is 0 Å². The van der Waals surface area contributed by atoms with Gasteiger partial charge in [-0.3, -0.25) is 9.59 Å². The summed E-state index contributed by atoms with van der Waals surface area (Å²) in [5, 5.41) is 49.8. The molecule has 0 aliphatic rings. The largest absolute Gasteiger partial charge is 0.481 e. The highest BCUT2D eigenvalue weighted by atomic mass is 32.1. The molecule has 0 aliphatic carbocycles. The molecule has 0 saturated carbocycles. The molecule has 0 radical (unpaired) electrons. The van der Waals surface area contributed by atoms with Crippen molar-refractivity contribution in [3.8, 4) is 42.8 Å². The first-order valence-corrected chi connectivity index (χ1v) is 47.5. The third-order valence-electron chi connectivity index (χ3n) is 21.6. The number of aryl methyl sites for hydroxylation is 8. The predicted molar refractivity (Wildman–Crippen MR) is 550 cm³/mol. The topological polar surface area (TPSA) is 300 Å². The van der Waals surface area contributed by atoms with Gasteiger partial charge in [-0.05, 0) is 245 Å². The molecule has 0 saturated heterocycles. The van der Waals surface area contributed by atoms with Crippen molar-refractivity contribution in [3.05, 3.63) is 401 Å². The average Bonchev–Trinajstić information content (AvgIpc) is 1.47. The lowest BCUT2D eigenvalue weighted by molar-refractivity contribution is -0.137. The summed E-state index contributed by atoms with van der Waals surface area (Å²) >= 11 is 6.76. The molecular weight excluding hydrogens is 1750 g/mol. The normalized spacial score (nSPS) is 10.9. The standard InChI is InChI=1S/C28H29N3O2S.C28H25N3O2S.C27H27N3O2S.C27H23N3O2S/c1-3-23-24(4-2)30-28(25-17-16-22(34-25)15-12-19-8-6-5-7-9-19)31-27(23)29-21-13-10-20(11-14-21)18-26(32)33;1-3-8-23-24(4-2)30-27(31-26(23)29-21-14-12-20(13-15-21)28(32)33)25-18-17-22(34-25)16-11-19-9-6-5-7-10-19;1-3-23-18(2)28-27(24-16-15-22(33-24)14-11-19-7-5-4-6-8-19)30-26(23)29-21-12-9-20(10-13-21)17-25(31)32;1-3-7-23-18(2)28-26(30-25(23)29-21-13-11-20(12-14-21)27(31)32)24-17-16-22(33-24)15-10-19-8-5-4-6-9-19/h5-11,13-14,16-17H,3-4,12,15,18H2,1-2H3,(H,32,33)(H,29,30,31);3,5-7,9-18H,1,4,8H2,2H3,(H,32,33)(H,29,30,31);4-10,12-13,15-16H,3,11,14,17H2,1-2H3,(H,31,32)(H,28,29,30);3-6,8-17H,1,7H2,2H3,(H,31,32)(H,28,29,30)/b;16-11+;;15-10+. The number of aromatic carboxylic acids is 2. The van der Waals surface area contributed by atoms with E-state index in [1.54, 1.807) is 93.9 Å². The second-order valence-electron chi connectivity index (χ2n) is 31.2. The van der Waals surface area contributed by atoms with E-state index in [0.29, 0.717) is 36.1 Å². The molecular formula is C110H104N12O8S4. The Labute approximate surface area is 797 Å². The number of nitrogens with one attached hydrogen (secondary N) is 4. The molecule has 8 heterocycles. The summed E-state index contributed by atoms with van der Waals surface area (Å²) in [4.78, 5) is 91.9. The van der Waals surface area contributed by atoms with E-state index >= 15 is 0 Å². The molecule has 676 valence electrons. The summed E-state index contributed by atoms with van der Waals surface area (Å²) in [5.74, 6) is 2.22. The van der Waals surface area contributed by atoms with Crippen LogP contribution in [0.3, 0.4) is 0 Å². The Morgan fingerprint density at radius 3 is 1.00 bits per heavy atom. The minimum absolute atomic E-state index is 0.0161. The van der Waals surface area contributed by atoms with Gasteiger partial charge in [0.1, 0.15) is 23.3 Å². The number of rotatable bonds is 36. The molecule has 8 aromatic carbocycles. The van der Waals surface area contributed by atoms with Crippen LogP contribution in [0.5, 0.6) is 0 Å². The predicted octanol–water partition coefficient (Wildman–Crippen LogP) is 26.7. The number of aliphatic carboxylic acids is 2. The molecule has 0 atom stereocenters. The highest BCUT2D eigenvalue weighted by molar-refractivity contribution is 7.17. The van der Waals surface area contributed by atoms with Gasteiger partial charge in [-0.1, -0.05) is 198 Å². The number of thiophene rings is 4. The summed E-state index contributed by atoms with van der Waals surface area (Å²) in [7, 11) is 0. The highest BCUT2D eigenvalue weighted by Crippen LogP contribution is 2.37. The van der Waals surface area contributed by atoms with E-state index in [1.165, 1.54) is 20.9 Å². The number of hydrogen-bond acceptors (Lipinski definition) is 20. The van der Waals surface area contributed by atoms with Crippen LogP contribution in [0.1, 0.15) is 146 Å². The van der Waals surface area contributed by atoms with Crippen LogP contribution < -0.4 is 21.3 Å². The average molecular weight is 1850 g/mol. The minimum Gasteiger partial charge on any atom is -0.481 e. The number of allylic oxidation sites excluding steroid dienone is 2. The zero-order valence-corrected chi connectivity index (χ0v) is 78.7. The van der Waals surface area contributed by atoms with Crippen LogP contribution in [0.15, 0.2) is 292 Å². The number of anilines is 8. The van der Waals surface area contributed by atoms with Crippen molar-refractivity contribution in [3.63, 3.8) is 0 Å². The molecule has 0 aliphatic heterocycles. The van der Waals surface area contributed by atoms with Gasteiger partial charge in [-0.15, -0.1) is 58.5 Å². The zero-order valence-electron chi connectivity index (χ0n) is 75.4. The van der Waals surface area contributed by atoms with E-state index in [1.807, 2.05) is 135 Å². The Balaban J connectivity index is 0.000000152. The van der Waals surface area contributed by atoms with Crippen LogP contribution in [-0.2, 0) is 86.6 Å². The van der Waals surface area contributed by atoms with Gasteiger partial charge in [0.05, 0.1) is 43.5 Å². The van der Waals surface area contributed by atoms with E-state index in [0.717, 1.165) is 194 Å². The van der Waals surface area contributed by atoms with Gasteiger partial charge in [0, 0.05) is 87.3 Å². The summed E-state index contributed by atoms with van der Waals surface area (Å²) in [5.41, 5.74) is 18.3. The van der Waals surface area contributed by atoms with Crippen LogP contribution in [0, 0.1) is 13.8 Å². The summed E-state index contributed by atoms with van der Waals surface area (Å²) in [6, 6.07) is 86.4. The Kier molecular flexibility index (Phi) is 34.7. The molecule has 16 aromatic rings. The fraction of sp³-hybridized carbons (Fsp3) is 0.164. The van der Waals surface area contributed by atoms with Gasteiger partial charge in [0.25, 0.3) is 0 Å². The first kappa shape index (κ1) is 96.5. The molecule has 8 N–H and O–H groups in total. The second kappa shape index (κ2) is 48.2. The van der Waals surface area contributed by atoms with Crippen LogP contribution in [0.4, 0.5) is 46.0 Å². The fourth-order valence-electron chi connectivity index (χ4n) is 14.6. The molecule has 20 nitrogen and oxygen atoms in total. The van der Waals surface area contributed by atoms with Crippen molar-refractivity contribution in [2.24, 2.45) is 0 Å². The minimum atomic E-state index is -0.955. The van der Waals surface area contributed by atoms with Gasteiger partial charge >= 0.3 is 23.9 Å². The van der Waals surface area contributed by atoms with Gasteiger partial charge in [-0.2, -0.15) is 0 Å². The molecule has 24 heteroatoms. The molecule has 8 aromatic heterocycles. The highest BCUT2D eigenvalue weighted by Gasteiger charge is 2.22. The summed E-state index contributed by atoms with van der Waals surface area (Å²) in [6.07, 6.45) is 20.6. The quantitative estimate of drug-likeness (QED) is 0.0169. The van der Waals surface area contributed by atoms with Crippen LogP contribution in [0.2, 0.25) is 0 Å². The Bertz CT molecular complexity index is 6740. The van der Waals surface area contributed by atoms with Crippen LogP contribution in [-0.4, -0.2) is 84.2 Å². The van der Waals surface area contributed by atoms with Crippen molar-refractivity contribution in [1.82, 2.24) is 39.9 Å². The molecule has 134 heavy (non-hydrogen) atoms. The van der Waals surface area contributed by atoms with E-state index in [-0.39, 0.29) is 24.0 Å². The van der Waals surface area contributed by atoms with Crippen molar-refractivity contribution >= 4 is 140 Å². The Morgan fingerprint density at radius 1 is 0.313 bits per heavy atom. The molecule has 0 amide bonds. The lowest BCUT2D eigenvalue weighted by Gasteiger charge is -2.15. The number of carboxylic acid groups (broad SMARTS) is 4. The Morgan fingerprint density at radius 2 is 0.634 bits per heavy atom. The third kappa shape index (κ3) is 27.5. The smallest absolute Gasteiger partial charge is 0.335 e. The van der Waals surface area contributed by atoms with Gasteiger partial charge in [-0.25, -0.2) is 49.5 Å². The summed E-state index contributed by atoms with van der Waals surface area (Å²) in [6.45, 7) is 20.1. The van der Waals surface area contributed by atoms with Crippen molar-refractivity contribution in [2.75, 3.05) is 21.3 Å². The Hall–Kier alpha value is -15.1. The lowest BCUT2D eigenvalue weighted by Crippen LogP contribution is -2.07. The first-order chi connectivity index (χ1) is 65.2. The summed E-state index contributed by atoms with van der Waals surface area (Å²) < 4.78 is 0. The molecule has 0 fully saturated rings. The molecule has 0 unspecified atom stereocenters. The lowest BCUT2D eigenvalue weighted by atomic mass is 10.1. The van der Waals surface area contributed by atoms with E-state index in [9.17, 15) is 19.2 Å². The maximum Gasteiger partial charge on any atom is 0.335 e. The van der Waals surface area contributed by atoms with Crippen LogP contribution >= 0.6 is 45.3 Å². The number of carboxylic acids is 4. The maximum atomic E-state index is 11.2. The van der Waals surface area contributed by atoms with E-state index in [4.69, 9.17) is 60.3 Å². The third-order valence-corrected chi connectivity index (χ3v) is 25.9. The second-order valence-corrected chi connectivity index (χ2v) is 35.7. The molecule has 0 spiro atoms. The SMILES string of the molecule is C=CCc1c(C)nc(-c2ccc(/C=C/c3ccccc3)s2)nc1Nc1ccc(C(=O)O)cc1.C=CCc1c(CC)nc(-c2ccc(/C=C/c3ccccc3)s2)nc1Nc1ccc(C(=O)O)cc1.CCc1c(C)nc(-c2ccc(CCc3ccccc3)s2)nc1Nc1ccc(CC(=O)O)cc1.CCc1nc(-c2ccc(CCc3ccccc3)s2)nc(Nc2ccc(CC(=O)O)cc2)c1CC. The maximum absolute atomic E-state index is 11.2.